The van der Waals surface area contributed by atoms with Gasteiger partial charge in [-0.05, 0) is 24.1 Å². The molecule has 1 aliphatic rings. The molecule has 0 spiro atoms. The van der Waals surface area contributed by atoms with Crippen LogP contribution in [0.5, 0.6) is 0 Å². The molecule has 2 heterocycles. The first-order valence-electron chi connectivity index (χ1n) is 8.72. The Morgan fingerprint density at radius 1 is 1.16 bits per heavy atom. The average Bonchev–Trinajstić information content (AvgIpc) is 2.82. The van der Waals surface area contributed by atoms with Crippen LogP contribution in [0.1, 0.15) is 35.8 Å². The summed E-state index contributed by atoms with van der Waals surface area (Å²) in [5.74, 6) is 0.000403. The Kier molecular flexibility index (Phi) is 5.43. The first-order chi connectivity index (χ1) is 12.2. The summed E-state index contributed by atoms with van der Waals surface area (Å²) in [6.45, 7) is 3.63. The zero-order valence-corrected chi connectivity index (χ0v) is 14.5. The molecule has 3 rings (SSSR count). The van der Waals surface area contributed by atoms with Gasteiger partial charge in [0.05, 0.1) is 0 Å². The van der Waals surface area contributed by atoms with E-state index in [-0.39, 0.29) is 17.9 Å². The van der Waals surface area contributed by atoms with Gasteiger partial charge in [-0.2, -0.15) is 0 Å². The van der Waals surface area contributed by atoms with Gasteiger partial charge in [0.2, 0.25) is 5.91 Å². The molecule has 0 bridgehead atoms. The third-order valence-electron chi connectivity index (χ3n) is 4.63. The molecule has 5 nitrogen and oxygen atoms in total. The number of rotatable bonds is 4. The average molecular weight is 337 g/mol. The summed E-state index contributed by atoms with van der Waals surface area (Å²) in [5, 5.41) is 0. The molecule has 25 heavy (non-hydrogen) atoms. The Morgan fingerprint density at radius 2 is 1.92 bits per heavy atom. The van der Waals surface area contributed by atoms with Crippen molar-refractivity contribution in [2.75, 3.05) is 13.1 Å². The molecule has 0 aliphatic carbocycles. The summed E-state index contributed by atoms with van der Waals surface area (Å²) >= 11 is 0. The number of hydrogen-bond acceptors (Lipinski definition) is 3. The van der Waals surface area contributed by atoms with Crippen molar-refractivity contribution < 1.29 is 9.59 Å². The van der Waals surface area contributed by atoms with Gasteiger partial charge in [-0.15, -0.1) is 0 Å². The van der Waals surface area contributed by atoms with Crippen molar-refractivity contribution >= 4 is 11.8 Å². The second kappa shape index (κ2) is 7.92. The minimum Gasteiger partial charge on any atom is -0.335 e. The molecule has 130 valence electrons. The lowest BCUT2D eigenvalue weighted by molar-refractivity contribution is -0.133. The quantitative estimate of drug-likeness (QED) is 0.862. The van der Waals surface area contributed by atoms with Crippen molar-refractivity contribution in [1.82, 2.24) is 14.8 Å². The maximum Gasteiger partial charge on any atom is 0.272 e. The monoisotopic (exact) mass is 337 g/mol. The summed E-state index contributed by atoms with van der Waals surface area (Å²) in [6, 6.07) is 15.3. The van der Waals surface area contributed by atoms with E-state index in [1.54, 1.807) is 23.2 Å². The standard InChI is InChI=1S/C20H23N3O2/c1-2-17-15-22(20(25)18-10-6-7-12-21-18)13-11-19(24)23(17)14-16-8-4-3-5-9-16/h3-10,12,17H,2,11,13-15H2,1H3/t17-/m0/s1. The molecular weight excluding hydrogens is 314 g/mol. The minimum atomic E-state index is -0.103. The van der Waals surface area contributed by atoms with Gasteiger partial charge >= 0.3 is 0 Å². The van der Waals surface area contributed by atoms with E-state index >= 15 is 0 Å². The van der Waals surface area contributed by atoms with E-state index in [2.05, 4.69) is 11.9 Å². The Bertz CT molecular complexity index is 718. The van der Waals surface area contributed by atoms with Gasteiger partial charge in [0.25, 0.3) is 5.91 Å². The number of aromatic nitrogens is 1. The molecule has 0 saturated carbocycles. The molecule has 1 fully saturated rings. The highest BCUT2D eigenvalue weighted by Crippen LogP contribution is 2.19. The smallest absolute Gasteiger partial charge is 0.272 e. The number of carbonyl (C=O) groups excluding carboxylic acids is 2. The molecule has 1 aromatic heterocycles. The molecule has 1 aliphatic heterocycles. The first-order valence-corrected chi connectivity index (χ1v) is 8.72. The molecule has 1 atom stereocenters. The minimum absolute atomic E-state index is 0.0165. The Morgan fingerprint density at radius 3 is 2.60 bits per heavy atom. The Hall–Kier alpha value is -2.69. The van der Waals surface area contributed by atoms with Crippen molar-refractivity contribution in [3.63, 3.8) is 0 Å². The van der Waals surface area contributed by atoms with Crippen LogP contribution in [0, 0.1) is 0 Å². The second-order valence-electron chi connectivity index (χ2n) is 6.29. The SMILES string of the molecule is CC[C@H]1CN(C(=O)c2ccccn2)CCC(=O)N1Cc1ccccc1. The molecule has 0 N–H and O–H groups in total. The van der Waals surface area contributed by atoms with Crippen LogP contribution < -0.4 is 0 Å². The zero-order chi connectivity index (χ0) is 17.6. The maximum atomic E-state index is 12.7. The molecule has 1 aromatic carbocycles. The fourth-order valence-corrected chi connectivity index (χ4v) is 3.20. The number of nitrogens with zero attached hydrogens (tertiary/aromatic N) is 3. The van der Waals surface area contributed by atoms with Crippen molar-refractivity contribution in [3.8, 4) is 0 Å². The van der Waals surface area contributed by atoms with Crippen LogP contribution in [0.3, 0.4) is 0 Å². The molecular formula is C20H23N3O2. The van der Waals surface area contributed by atoms with Crippen molar-refractivity contribution in [1.29, 1.82) is 0 Å². The van der Waals surface area contributed by atoms with Crippen molar-refractivity contribution in [2.45, 2.75) is 32.4 Å². The van der Waals surface area contributed by atoms with Crippen LogP contribution in [0.4, 0.5) is 0 Å². The Balaban J connectivity index is 1.77. The van der Waals surface area contributed by atoms with Crippen LogP contribution >= 0.6 is 0 Å². The third kappa shape index (κ3) is 4.05. The second-order valence-corrected chi connectivity index (χ2v) is 6.29. The van der Waals surface area contributed by atoms with Crippen molar-refractivity contribution in [3.05, 3.63) is 66.0 Å². The lowest BCUT2D eigenvalue weighted by Gasteiger charge is -2.31. The van der Waals surface area contributed by atoms with Gasteiger partial charge in [-0.25, -0.2) is 0 Å². The first kappa shape index (κ1) is 17.1. The summed E-state index contributed by atoms with van der Waals surface area (Å²) in [5.41, 5.74) is 1.54. The zero-order valence-electron chi connectivity index (χ0n) is 14.5. The summed E-state index contributed by atoms with van der Waals surface area (Å²) < 4.78 is 0. The predicted octanol–water partition coefficient (Wildman–Crippen LogP) is 2.73. The van der Waals surface area contributed by atoms with E-state index < -0.39 is 0 Å². The van der Waals surface area contributed by atoms with Gasteiger partial charge in [0.1, 0.15) is 5.69 Å². The number of carbonyl (C=O) groups is 2. The normalized spacial score (nSPS) is 18.1. The fourth-order valence-electron chi connectivity index (χ4n) is 3.20. The molecule has 5 heteroatoms. The summed E-state index contributed by atoms with van der Waals surface area (Å²) in [7, 11) is 0. The van der Waals surface area contributed by atoms with E-state index in [1.165, 1.54) is 0 Å². The molecule has 1 saturated heterocycles. The maximum absolute atomic E-state index is 12.7. The largest absolute Gasteiger partial charge is 0.335 e. The van der Waals surface area contributed by atoms with Crippen LogP contribution in [0.2, 0.25) is 0 Å². The van der Waals surface area contributed by atoms with Crippen LogP contribution in [-0.2, 0) is 11.3 Å². The highest BCUT2D eigenvalue weighted by Gasteiger charge is 2.31. The number of amides is 2. The lowest BCUT2D eigenvalue weighted by Crippen LogP contribution is -2.43. The molecule has 2 amide bonds. The number of pyridine rings is 1. The van der Waals surface area contributed by atoms with Crippen LogP contribution in [-0.4, -0.2) is 45.7 Å². The highest BCUT2D eigenvalue weighted by molar-refractivity contribution is 5.92. The van der Waals surface area contributed by atoms with Gasteiger partial charge in [-0.1, -0.05) is 43.3 Å². The summed E-state index contributed by atoms with van der Waals surface area (Å²) in [6.07, 6.45) is 2.78. The highest BCUT2D eigenvalue weighted by atomic mass is 16.2. The molecule has 2 aromatic rings. The molecule has 0 unspecified atom stereocenters. The van der Waals surface area contributed by atoms with Gasteiger partial charge in [0, 0.05) is 38.3 Å². The van der Waals surface area contributed by atoms with E-state index in [1.807, 2.05) is 41.3 Å². The van der Waals surface area contributed by atoms with E-state index in [0.717, 1.165) is 12.0 Å². The number of benzene rings is 1. The Labute approximate surface area is 148 Å². The van der Waals surface area contributed by atoms with Gasteiger partial charge in [-0.3, -0.25) is 14.6 Å². The van der Waals surface area contributed by atoms with E-state index in [9.17, 15) is 9.59 Å². The fraction of sp³-hybridized carbons (Fsp3) is 0.350. The van der Waals surface area contributed by atoms with E-state index in [4.69, 9.17) is 0 Å². The van der Waals surface area contributed by atoms with Crippen LogP contribution in [0.15, 0.2) is 54.7 Å². The lowest BCUT2D eigenvalue weighted by atomic mass is 10.1. The topological polar surface area (TPSA) is 53.5 Å². The molecule has 0 radical (unpaired) electrons. The van der Waals surface area contributed by atoms with Gasteiger partial charge in [0.15, 0.2) is 0 Å². The van der Waals surface area contributed by atoms with E-state index in [0.29, 0.717) is 31.7 Å². The summed E-state index contributed by atoms with van der Waals surface area (Å²) in [4.78, 5) is 33.2. The third-order valence-corrected chi connectivity index (χ3v) is 4.63. The van der Waals surface area contributed by atoms with Gasteiger partial charge < -0.3 is 9.80 Å². The van der Waals surface area contributed by atoms with Crippen molar-refractivity contribution in [2.24, 2.45) is 0 Å². The van der Waals surface area contributed by atoms with Crippen LogP contribution in [0.25, 0.3) is 0 Å². The predicted molar refractivity (Wildman–Crippen MR) is 95.8 cm³/mol. The number of hydrogen-bond donors (Lipinski definition) is 0.